The minimum Gasteiger partial charge on any atom is -0.495 e. The zero-order valence-corrected chi connectivity index (χ0v) is 15.2. The number of likely N-dealkylation sites (tertiary alicyclic amines) is 2. The number of hydrogen-bond donors (Lipinski definition) is 2. The van der Waals surface area contributed by atoms with Gasteiger partial charge in [0.25, 0.3) is 0 Å². The lowest BCUT2D eigenvalue weighted by atomic mass is 9.81. The summed E-state index contributed by atoms with van der Waals surface area (Å²) < 4.78 is 5.24. The number of carbonyl (C=O) groups is 3. The lowest BCUT2D eigenvalue weighted by Crippen LogP contribution is -2.44. The number of carboxylic acid groups (broad SMARTS) is 1. The molecule has 1 saturated carbocycles. The molecule has 3 fully saturated rings. The van der Waals surface area contributed by atoms with Crippen molar-refractivity contribution in [2.75, 3.05) is 38.6 Å². The third kappa shape index (κ3) is 2.98. The number of ether oxygens (including phenoxy) is 1. The quantitative estimate of drug-likeness (QED) is 0.833. The minimum atomic E-state index is -1.08. The van der Waals surface area contributed by atoms with Crippen LogP contribution in [-0.4, -0.2) is 66.1 Å². The maximum Gasteiger partial charge on any atom is 0.321 e. The predicted octanol–water partition coefficient (Wildman–Crippen LogP) is 1.48. The first-order valence-corrected chi connectivity index (χ1v) is 9.16. The summed E-state index contributed by atoms with van der Waals surface area (Å²) in [6.45, 7) is 1.00. The van der Waals surface area contributed by atoms with Crippen molar-refractivity contribution in [3.63, 3.8) is 0 Å². The molecular formula is C19H23N3O5. The van der Waals surface area contributed by atoms with Crippen LogP contribution < -0.4 is 10.1 Å². The van der Waals surface area contributed by atoms with Gasteiger partial charge in [-0.3, -0.25) is 9.59 Å². The Kier molecular flexibility index (Phi) is 4.20. The highest BCUT2D eigenvalue weighted by molar-refractivity contribution is 5.92. The molecule has 3 amide bonds. The molecule has 0 bridgehead atoms. The number of rotatable bonds is 4. The minimum absolute atomic E-state index is 0.0649. The van der Waals surface area contributed by atoms with Crippen LogP contribution in [-0.2, 0) is 9.59 Å². The van der Waals surface area contributed by atoms with E-state index in [1.54, 1.807) is 29.2 Å². The van der Waals surface area contributed by atoms with Crippen LogP contribution in [0.25, 0.3) is 0 Å². The van der Waals surface area contributed by atoms with Crippen LogP contribution >= 0.6 is 0 Å². The number of nitrogens with one attached hydrogen (secondary N) is 1. The summed E-state index contributed by atoms with van der Waals surface area (Å²) in [4.78, 5) is 40.3. The molecule has 27 heavy (non-hydrogen) atoms. The van der Waals surface area contributed by atoms with Crippen LogP contribution in [0.1, 0.15) is 12.8 Å². The van der Waals surface area contributed by atoms with E-state index in [4.69, 9.17) is 4.74 Å². The van der Waals surface area contributed by atoms with Gasteiger partial charge >= 0.3 is 12.0 Å². The van der Waals surface area contributed by atoms with E-state index in [1.807, 2.05) is 0 Å². The Balaban J connectivity index is 1.47. The van der Waals surface area contributed by atoms with E-state index in [9.17, 15) is 19.5 Å². The van der Waals surface area contributed by atoms with E-state index in [1.165, 1.54) is 12.0 Å². The third-order valence-electron chi connectivity index (χ3n) is 5.91. The molecule has 0 aromatic heterocycles. The molecule has 0 spiro atoms. The second-order valence-corrected chi connectivity index (χ2v) is 7.66. The van der Waals surface area contributed by atoms with Crippen molar-refractivity contribution in [2.24, 2.45) is 17.3 Å². The highest BCUT2D eigenvalue weighted by Gasteiger charge is 2.60. The van der Waals surface area contributed by atoms with Gasteiger partial charge in [0, 0.05) is 38.0 Å². The molecular weight excluding hydrogens is 350 g/mol. The monoisotopic (exact) mass is 373 g/mol. The van der Waals surface area contributed by atoms with E-state index in [2.05, 4.69) is 5.32 Å². The molecule has 4 rings (SSSR count). The summed E-state index contributed by atoms with van der Waals surface area (Å²) in [6.07, 6.45) is 1.79. The number of urea groups is 1. The van der Waals surface area contributed by atoms with Crippen LogP contribution in [0.15, 0.2) is 24.3 Å². The van der Waals surface area contributed by atoms with Gasteiger partial charge in [0.15, 0.2) is 0 Å². The first kappa shape index (κ1) is 17.6. The van der Waals surface area contributed by atoms with Gasteiger partial charge in [-0.05, 0) is 25.0 Å². The van der Waals surface area contributed by atoms with Gasteiger partial charge in [-0.2, -0.15) is 0 Å². The van der Waals surface area contributed by atoms with Crippen molar-refractivity contribution < 1.29 is 24.2 Å². The molecule has 1 aliphatic carbocycles. The van der Waals surface area contributed by atoms with Crippen molar-refractivity contribution in [3.8, 4) is 5.75 Å². The zero-order chi connectivity index (χ0) is 19.2. The number of benzene rings is 1. The standard InChI is InChI=1S/C19H23N3O5/c1-27-15-5-3-2-4-14(15)20-18(26)22-9-13-8-21(16(23)12-6-7-12)10-19(13,11-22)17(24)25/h2-5,12-13H,6-11H2,1H3,(H,20,26)(H,24,25)/t13-,19-/m1/s1. The lowest BCUT2D eigenvalue weighted by Gasteiger charge is -2.25. The third-order valence-corrected chi connectivity index (χ3v) is 5.91. The van der Waals surface area contributed by atoms with Crippen molar-refractivity contribution in [3.05, 3.63) is 24.3 Å². The van der Waals surface area contributed by atoms with E-state index >= 15 is 0 Å². The summed E-state index contributed by atoms with van der Waals surface area (Å²) in [5.41, 5.74) is -0.542. The van der Waals surface area contributed by atoms with Gasteiger partial charge in [-0.25, -0.2) is 4.79 Å². The summed E-state index contributed by atoms with van der Waals surface area (Å²) in [5.74, 6) is -0.513. The molecule has 0 unspecified atom stereocenters. The van der Waals surface area contributed by atoms with Gasteiger partial charge in [0.1, 0.15) is 11.2 Å². The highest BCUT2D eigenvalue weighted by Crippen LogP contribution is 2.45. The number of anilines is 1. The van der Waals surface area contributed by atoms with E-state index in [-0.39, 0.29) is 36.9 Å². The second kappa shape index (κ2) is 6.44. The average molecular weight is 373 g/mol. The molecule has 0 radical (unpaired) electrons. The van der Waals surface area contributed by atoms with E-state index < -0.39 is 11.4 Å². The predicted molar refractivity (Wildman–Crippen MR) is 96.4 cm³/mol. The number of para-hydroxylation sites is 2. The fraction of sp³-hybridized carbons (Fsp3) is 0.526. The summed E-state index contributed by atoms with van der Waals surface area (Å²) >= 11 is 0. The number of fused-ring (bicyclic) bond motifs is 1. The first-order valence-electron chi connectivity index (χ1n) is 9.16. The van der Waals surface area contributed by atoms with E-state index in [0.717, 1.165) is 12.8 Å². The number of amides is 3. The van der Waals surface area contributed by atoms with Crippen molar-refractivity contribution >= 4 is 23.6 Å². The largest absolute Gasteiger partial charge is 0.495 e. The fourth-order valence-electron chi connectivity index (χ4n) is 4.22. The van der Waals surface area contributed by atoms with Crippen LogP contribution in [0.4, 0.5) is 10.5 Å². The number of carboxylic acids is 1. The molecule has 3 aliphatic rings. The Bertz CT molecular complexity index is 793. The fourth-order valence-corrected chi connectivity index (χ4v) is 4.22. The maximum atomic E-state index is 12.7. The maximum absolute atomic E-state index is 12.7. The number of nitrogens with zero attached hydrogens (tertiary/aromatic N) is 2. The smallest absolute Gasteiger partial charge is 0.321 e. The van der Waals surface area contributed by atoms with Gasteiger partial charge in [-0.1, -0.05) is 12.1 Å². The Morgan fingerprint density at radius 1 is 1.15 bits per heavy atom. The molecule has 2 saturated heterocycles. The molecule has 1 aromatic rings. The molecule has 2 N–H and O–H groups in total. The SMILES string of the molecule is COc1ccccc1NC(=O)N1C[C@H]2CN(C(=O)C3CC3)C[C@@]2(C(=O)O)C1. The molecule has 2 heterocycles. The molecule has 144 valence electrons. The van der Waals surface area contributed by atoms with Crippen molar-refractivity contribution in [1.29, 1.82) is 0 Å². The van der Waals surface area contributed by atoms with E-state index in [0.29, 0.717) is 24.5 Å². The average Bonchev–Trinajstić information content (AvgIpc) is 3.33. The topological polar surface area (TPSA) is 99.2 Å². The molecule has 1 aromatic carbocycles. The van der Waals surface area contributed by atoms with Gasteiger partial charge in [0.05, 0.1) is 12.8 Å². The first-order chi connectivity index (χ1) is 12.9. The Hall–Kier alpha value is -2.77. The van der Waals surface area contributed by atoms with Gasteiger partial charge in [0.2, 0.25) is 5.91 Å². The van der Waals surface area contributed by atoms with Crippen molar-refractivity contribution in [2.45, 2.75) is 12.8 Å². The lowest BCUT2D eigenvalue weighted by molar-refractivity contribution is -0.149. The number of aliphatic carboxylic acids is 1. The molecule has 8 nitrogen and oxygen atoms in total. The van der Waals surface area contributed by atoms with Crippen LogP contribution in [0.2, 0.25) is 0 Å². The van der Waals surface area contributed by atoms with Gasteiger partial charge in [-0.15, -0.1) is 0 Å². The number of hydrogen-bond acceptors (Lipinski definition) is 4. The second-order valence-electron chi connectivity index (χ2n) is 7.66. The molecule has 2 atom stereocenters. The zero-order valence-electron chi connectivity index (χ0n) is 15.2. The van der Waals surface area contributed by atoms with Gasteiger partial charge < -0.3 is 25.0 Å². The normalized spacial score (nSPS) is 26.6. The Labute approximate surface area is 157 Å². The summed E-state index contributed by atoms with van der Waals surface area (Å²) in [6, 6.07) is 6.72. The summed E-state index contributed by atoms with van der Waals surface area (Å²) in [5, 5.41) is 12.7. The highest BCUT2D eigenvalue weighted by atomic mass is 16.5. The van der Waals surface area contributed by atoms with Crippen LogP contribution in [0, 0.1) is 17.3 Å². The molecule has 2 aliphatic heterocycles. The van der Waals surface area contributed by atoms with Crippen molar-refractivity contribution in [1.82, 2.24) is 9.80 Å². The number of carbonyl (C=O) groups excluding carboxylic acids is 2. The van der Waals surface area contributed by atoms with Crippen LogP contribution in [0.3, 0.4) is 0 Å². The Morgan fingerprint density at radius 3 is 2.44 bits per heavy atom. The summed E-state index contributed by atoms with van der Waals surface area (Å²) in [7, 11) is 1.52. The molecule has 8 heteroatoms. The van der Waals surface area contributed by atoms with Crippen LogP contribution in [0.5, 0.6) is 5.75 Å². The number of methoxy groups -OCH3 is 1. The Morgan fingerprint density at radius 2 is 1.81 bits per heavy atom.